The molecule has 0 spiro atoms. The number of halogens is 1. The maximum Gasteiger partial charge on any atom is 0.139 e. The molecule has 0 aromatic heterocycles. The lowest BCUT2D eigenvalue weighted by Crippen LogP contribution is -2.26. The fraction of sp³-hybridized carbons (Fsp3) is 0.294. The fourth-order valence-corrected chi connectivity index (χ4v) is 3.50. The summed E-state index contributed by atoms with van der Waals surface area (Å²) in [4.78, 5) is 0.271. The lowest BCUT2D eigenvalue weighted by atomic mass is 10.1. The molecule has 4 heteroatoms. The summed E-state index contributed by atoms with van der Waals surface area (Å²) in [6.07, 6.45) is 0. The Bertz CT molecular complexity index is 612. The quantitative estimate of drug-likeness (QED) is 0.883. The van der Waals surface area contributed by atoms with Gasteiger partial charge in [0.1, 0.15) is 5.82 Å². The Morgan fingerprint density at radius 1 is 1.14 bits per heavy atom. The second-order valence-electron chi connectivity index (χ2n) is 4.96. The average molecular weight is 305 g/mol. The maximum atomic E-state index is 13.7. The average Bonchev–Trinajstić information content (AvgIpc) is 2.48. The third-order valence-electron chi connectivity index (χ3n) is 3.33. The Morgan fingerprint density at radius 2 is 1.81 bits per heavy atom. The van der Waals surface area contributed by atoms with Crippen LogP contribution < -0.4 is 5.32 Å². The van der Waals surface area contributed by atoms with E-state index >= 15 is 0 Å². The van der Waals surface area contributed by atoms with E-state index in [1.165, 1.54) is 11.6 Å². The van der Waals surface area contributed by atoms with Crippen LogP contribution in [0.15, 0.2) is 53.4 Å². The van der Waals surface area contributed by atoms with Crippen LogP contribution in [0.5, 0.6) is 0 Å². The smallest absolute Gasteiger partial charge is 0.139 e. The minimum atomic E-state index is -1.37. The molecule has 0 radical (unpaired) electrons. The van der Waals surface area contributed by atoms with Crippen LogP contribution >= 0.6 is 0 Å². The van der Waals surface area contributed by atoms with Crippen LogP contribution in [0.2, 0.25) is 0 Å². The minimum absolute atomic E-state index is 0.0453. The normalized spacial score (nSPS) is 13.9. The highest BCUT2D eigenvalue weighted by Crippen LogP contribution is 2.19. The SMILES string of the molecule is CCNC(CS(=O)c1ccccc1F)c1ccc(C)cc1. The highest BCUT2D eigenvalue weighted by Gasteiger charge is 2.17. The summed E-state index contributed by atoms with van der Waals surface area (Å²) in [5, 5.41) is 3.32. The summed E-state index contributed by atoms with van der Waals surface area (Å²) in [6, 6.07) is 14.3. The molecular formula is C17H20FNOS. The Kier molecular flexibility index (Phi) is 5.65. The monoisotopic (exact) mass is 305 g/mol. The van der Waals surface area contributed by atoms with Gasteiger partial charge < -0.3 is 5.32 Å². The molecule has 21 heavy (non-hydrogen) atoms. The van der Waals surface area contributed by atoms with Crippen molar-refractivity contribution in [3.05, 3.63) is 65.5 Å². The first-order valence-corrected chi connectivity index (χ1v) is 8.36. The van der Waals surface area contributed by atoms with Crippen molar-refractivity contribution in [3.63, 3.8) is 0 Å². The molecule has 0 saturated heterocycles. The van der Waals surface area contributed by atoms with Gasteiger partial charge in [0.2, 0.25) is 0 Å². The molecule has 2 nitrogen and oxygen atoms in total. The van der Waals surface area contributed by atoms with Gasteiger partial charge in [0.25, 0.3) is 0 Å². The van der Waals surface area contributed by atoms with E-state index in [1.807, 2.05) is 38.1 Å². The van der Waals surface area contributed by atoms with Crippen molar-refractivity contribution in [1.29, 1.82) is 0 Å². The maximum absolute atomic E-state index is 13.7. The molecule has 0 fully saturated rings. The second-order valence-corrected chi connectivity index (χ2v) is 6.43. The highest BCUT2D eigenvalue weighted by molar-refractivity contribution is 7.85. The Morgan fingerprint density at radius 3 is 2.43 bits per heavy atom. The van der Waals surface area contributed by atoms with Crippen LogP contribution in [0.1, 0.15) is 24.1 Å². The van der Waals surface area contributed by atoms with E-state index in [-0.39, 0.29) is 10.9 Å². The van der Waals surface area contributed by atoms with Crippen LogP contribution in [0.4, 0.5) is 4.39 Å². The van der Waals surface area contributed by atoms with E-state index in [0.29, 0.717) is 5.75 Å². The first-order chi connectivity index (χ1) is 10.1. The largest absolute Gasteiger partial charge is 0.309 e. The van der Waals surface area contributed by atoms with Crippen molar-refractivity contribution in [2.75, 3.05) is 12.3 Å². The summed E-state index contributed by atoms with van der Waals surface area (Å²) in [5.41, 5.74) is 2.26. The number of benzene rings is 2. The molecule has 0 bridgehead atoms. The van der Waals surface area contributed by atoms with E-state index in [9.17, 15) is 8.60 Å². The number of aryl methyl sites for hydroxylation is 1. The molecule has 2 aromatic rings. The summed E-state index contributed by atoms with van der Waals surface area (Å²) < 4.78 is 26.1. The molecule has 112 valence electrons. The van der Waals surface area contributed by atoms with Gasteiger partial charge in [-0.05, 0) is 31.2 Å². The third kappa shape index (κ3) is 4.22. The predicted molar refractivity (Wildman–Crippen MR) is 85.3 cm³/mol. The molecule has 2 atom stereocenters. The van der Waals surface area contributed by atoms with Crippen LogP contribution in [0.3, 0.4) is 0 Å². The van der Waals surface area contributed by atoms with Gasteiger partial charge >= 0.3 is 0 Å². The van der Waals surface area contributed by atoms with Crippen molar-refractivity contribution in [3.8, 4) is 0 Å². The van der Waals surface area contributed by atoms with Gasteiger partial charge in [-0.2, -0.15) is 0 Å². The molecule has 2 aromatic carbocycles. The number of nitrogens with one attached hydrogen (secondary N) is 1. The first-order valence-electron chi connectivity index (χ1n) is 7.04. The number of rotatable bonds is 6. The Hall–Kier alpha value is -1.52. The second kappa shape index (κ2) is 7.48. The van der Waals surface area contributed by atoms with Crippen LogP contribution in [-0.2, 0) is 10.8 Å². The zero-order chi connectivity index (χ0) is 15.2. The lowest BCUT2D eigenvalue weighted by molar-refractivity contribution is 0.581. The van der Waals surface area contributed by atoms with E-state index < -0.39 is 16.6 Å². The zero-order valence-corrected chi connectivity index (χ0v) is 13.1. The van der Waals surface area contributed by atoms with Crippen molar-refractivity contribution < 1.29 is 8.60 Å². The Balaban J connectivity index is 2.18. The van der Waals surface area contributed by atoms with Crippen molar-refractivity contribution in [1.82, 2.24) is 5.32 Å². The molecule has 0 saturated carbocycles. The Labute approximate surface area is 127 Å². The van der Waals surface area contributed by atoms with Gasteiger partial charge in [-0.25, -0.2) is 4.39 Å². The summed E-state index contributed by atoms with van der Waals surface area (Å²) in [6.45, 7) is 4.81. The molecule has 0 amide bonds. The van der Waals surface area contributed by atoms with E-state index in [4.69, 9.17) is 0 Å². The first kappa shape index (κ1) is 15.9. The van der Waals surface area contributed by atoms with Gasteiger partial charge in [-0.1, -0.05) is 48.9 Å². The van der Waals surface area contributed by atoms with Gasteiger partial charge in [0, 0.05) is 11.8 Å². The van der Waals surface area contributed by atoms with Crippen molar-refractivity contribution in [2.45, 2.75) is 24.8 Å². The van der Waals surface area contributed by atoms with Gasteiger partial charge in [-0.15, -0.1) is 0 Å². The fourth-order valence-electron chi connectivity index (χ4n) is 2.19. The summed E-state index contributed by atoms with van der Waals surface area (Å²) in [5.74, 6) is -0.0485. The third-order valence-corrected chi connectivity index (χ3v) is 4.79. The van der Waals surface area contributed by atoms with Crippen molar-refractivity contribution in [2.24, 2.45) is 0 Å². The molecule has 0 heterocycles. The topological polar surface area (TPSA) is 29.1 Å². The highest BCUT2D eigenvalue weighted by atomic mass is 32.2. The number of hydrogen-bond acceptors (Lipinski definition) is 2. The standard InChI is InChI=1S/C17H20FNOS/c1-3-19-16(14-10-8-13(2)9-11-14)12-21(20)17-7-5-4-6-15(17)18/h4-11,16,19H,3,12H2,1-2H3. The molecular weight excluding hydrogens is 285 g/mol. The van der Waals surface area contributed by atoms with E-state index in [2.05, 4.69) is 5.32 Å². The summed E-state index contributed by atoms with van der Waals surface area (Å²) >= 11 is 0. The van der Waals surface area contributed by atoms with Crippen LogP contribution in [-0.4, -0.2) is 16.5 Å². The lowest BCUT2D eigenvalue weighted by Gasteiger charge is -2.18. The molecule has 1 N–H and O–H groups in total. The van der Waals surface area contributed by atoms with E-state index in [1.54, 1.807) is 18.2 Å². The van der Waals surface area contributed by atoms with E-state index in [0.717, 1.165) is 12.1 Å². The molecule has 2 unspecified atom stereocenters. The minimum Gasteiger partial charge on any atom is -0.309 e. The van der Waals surface area contributed by atoms with Gasteiger partial charge in [0.15, 0.2) is 0 Å². The molecule has 0 aliphatic carbocycles. The predicted octanol–water partition coefficient (Wildman–Crippen LogP) is 3.59. The van der Waals surface area contributed by atoms with Crippen LogP contribution in [0, 0.1) is 12.7 Å². The molecule has 2 rings (SSSR count). The van der Waals surface area contributed by atoms with Crippen molar-refractivity contribution >= 4 is 10.8 Å². The number of hydrogen-bond donors (Lipinski definition) is 1. The molecule has 0 aliphatic rings. The zero-order valence-electron chi connectivity index (χ0n) is 12.3. The van der Waals surface area contributed by atoms with Crippen LogP contribution in [0.25, 0.3) is 0 Å². The summed E-state index contributed by atoms with van der Waals surface area (Å²) in [7, 11) is -1.37. The molecule has 0 aliphatic heterocycles. The van der Waals surface area contributed by atoms with Gasteiger partial charge in [0.05, 0.1) is 15.7 Å². The van der Waals surface area contributed by atoms with Gasteiger partial charge in [-0.3, -0.25) is 4.21 Å².